The molecule has 0 saturated carbocycles. The fourth-order valence-electron chi connectivity index (χ4n) is 9.77. The number of aromatic nitrogens is 2. The van der Waals surface area contributed by atoms with Gasteiger partial charge in [-0.05, 0) is 130 Å². The summed E-state index contributed by atoms with van der Waals surface area (Å²) in [6.07, 6.45) is 1.98. The normalized spacial score (nSPS) is 11.7. The maximum atomic E-state index is 4.96. The Kier molecular flexibility index (Phi) is 8.71. The lowest BCUT2D eigenvalue weighted by atomic mass is 9.97. The van der Waals surface area contributed by atoms with E-state index >= 15 is 0 Å². The van der Waals surface area contributed by atoms with Crippen molar-refractivity contribution in [3.8, 4) is 39.1 Å². The van der Waals surface area contributed by atoms with Crippen molar-refractivity contribution in [2.45, 2.75) is 0 Å². The summed E-state index contributed by atoms with van der Waals surface area (Å²) in [5.41, 5.74) is 14.8. The van der Waals surface area contributed by atoms with Crippen molar-refractivity contribution in [1.29, 1.82) is 0 Å². The molecule has 3 heterocycles. The van der Waals surface area contributed by atoms with Gasteiger partial charge >= 0.3 is 0 Å². The zero-order chi connectivity index (χ0) is 42.8. The first kappa shape index (κ1) is 37.3. The van der Waals surface area contributed by atoms with Gasteiger partial charge in [0, 0.05) is 70.8 Å². The van der Waals surface area contributed by atoms with Crippen molar-refractivity contribution < 1.29 is 0 Å². The van der Waals surface area contributed by atoms with Crippen LogP contribution in [0, 0.1) is 0 Å². The number of thiophene rings is 1. The number of hydrogen-bond acceptors (Lipinski definition) is 3. The highest BCUT2D eigenvalue weighted by Gasteiger charge is 2.17. The van der Waals surface area contributed by atoms with Gasteiger partial charge in [-0.25, -0.2) is 0 Å². The van der Waals surface area contributed by atoms with Gasteiger partial charge in [0.15, 0.2) is 0 Å². The summed E-state index contributed by atoms with van der Waals surface area (Å²) in [5, 5.41) is 8.65. The summed E-state index contributed by atoms with van der Waals surface area (Å²) in [6.45, 7) is 0. The molecule has 0 atom stereocenters. The summed E-state index contributed by atoms with van der Waals surface area (Å²) in [5.74, 6) is 0. The minimum Gasteiger partial charge on any atom is -0.310 e. The summed E-state index contributed by atoms with van der Waals surface area (Å²) < 4.78 is 5.07. The molecule has 3 aromatic heterocycles. The first-order valence-corrected chi connectivity index (χ1v) is 22.9. The second-order valence-electron chi connectivity index (χ2n) is 16.8. The third-order valence-corrected chi connectivity index (χ3v) is 14.1. The van der Waals surface area contributed by atoms with E-state index in [4.69, 9.17) is 4.98 Å². The second-order valence-corrected chi connectivity index (χ2v) is 17.9. The number of benzene rings is 10. The fourth-order valence-corrected chi connectivity index (χ4v) is 10.9. The molecule has 0 saturated heterocycles. The van der Waals surface area contributed by atoms with Crippen LogP contribution in [0.15, 0.2) is 237 Å². The molecule has 0 aliphatic heterocycles. The number of anilines is 3. The first-order valence-electron chi connectivity index (χ1n) is 22.1. The molecular formula is C61H39N3S. The Balaban J connectivity index is 0.860. The molecule has 0 spiro atoms. The summed E-state index contributed by atoms with van der Waals surface area (Å²) in [7, 11) is 0. The van der Waals surface area contributed by atoms with E-state index in [0.29, 0.717) is 0 Å². The van der Waals surface area contributed by atoms with Gasteiger partial charge in [-0.1, -0.05) is 140 Å². The van der Waals surface area contributed by atoms with Gasteiger partial charge in [0.2, 0.25) is 0 Å². The third-order valence-electron chi connectivity index (χ3n) is 13.0. The number of para-hydroxylation sites is 1. The number of hydrogen-bond donors (Lipinski definition) is 0. The van der Waals surface area contributed by atoms with Gasteiger partial charge in [-0.3, -0.25) is 4.98 Å². The van der Waals surface area contributed by atoms with Crippen LogP contribution >= 0.6 is 11.3 Å². The summed E-state index contributed by atoms with van der Waals surface area (Å²) in [6, 6.07) is 83.9. The van der Waals surface area contributed by atoms with E-state index in [1.54, 1.807) is 0 Å². The highest BCUT2D eigenvalue weighted by Crippen LogP contribution is 2.41. The Morgan fingerprint density at radius 2 is 0.969 bits per heavy atom. The molecule has 0 N–H and O–H groups in total. The van der Waals surface area contributed by atoms with Gasteiger partial charge < -0.3 is 9.47 Å². The number of rotatable bonds is 7. The molecule has 0 amide bonds. The lowest BCUT2D eigenvalue weighted by molar-refractivity contribution is 1.19. The zero-order valence-electron chi connectivity index (χ0n) is 35.3. The first-order chi connectivity index (χ1) is 32.2. The van der Waals surface area contributed by atoms with Gasteiger partial charge in [-0.2, -0.15) is 0 Å². The zero-order valence-corrected chi connectivity index (χ0v) is 36.1. The van der Waals surface area contributed by atoms with E-state index in [2.05, 4.69) is 234 Å². The van der Waals surface area contributed by atoms with Crippen molar-refractivity contribution in [1.82, 2.24) is 9.55 Å². The van der Waals surface area contributed by atoms with Gasteiger partial charge in [0.05, 0.1) is 16.6 Å². The summed E-state index contributed by atoms with van der Waals surface area (Å²) in [4.78, 5) is 7.30. The topological polar surface area (TPSA) is 21.1 Å². The molecule has 304 valence electrons. The molecule has 0 bridgehead atoms. The molecule has 4 heteroatoms. The Bertz CT molecular complexity index is 3960. The van der Waals surface area contributed by atoms with E-state index in [1.165, 1.54) is 75.1 Å². The van der Waals surface area contributed by atoms with Crippen molar-refractivity contribution in [2.75, 3.05) is 4.90 Å². The van der Waals surface area contributed by atoms with E-state index < -0.39 is 0 Å². The van der Waals surface area contributed by atoms with Crippen LogP contribution in [0.3, 0.4) is 0 Å². The van der Waals surface area contributed by atoms with Crippen LogP contribution in [-0.4, -0.2) is 9.55 Å². The fraction of sp³-hybridized carbons (Fsp3) is 0. The molecule has 0 aliphatic rings. The van der Waals surface area contributed by atoms with Crippen LogP contribution in [0.25, 0.3) is 103 Å². The molecule has 0 unspecified atom stereocenters. The van der Waals surface area contributed by atoms with Gasteiger partial charge in [0.25, 0.3) is 0 Å². The molecular weight excluding hydrogens is 807 g/mol. The molecule has 0 aliphatic carbocycles. The van der Waals surface area contributed by atoms with Crippen LogP contribution in [0.2, 0.25) is 0 Å². The Hall–Kier alpha value is -8.31. The quantitative estimate of drug-likeness (QED) is 0.159. The Morgan fingerprint density at radius 1 is 0.338 bits per heavy atom. The Morgan fingerprint density at radius 3 is 1.85 bits per heavy atom. The number of fused-ring (bicyclic) bond motifs is 8. The van der Waals surface area contributed by atoms with Crippen LogP contribution in [0.5, 0.6) is 0 Å². The molecule has 0 fully saturated rings. The molecule has 65 heavy (non-hydrogen) atoms. The van der Waals surface area contributed by atoms with Gasteiger partial charge in [0.1, 0.15) is 0 Å². The minimum atomic E-state index is 0.956. The van der Waals surface area contributed by atoms with Crippen molar-refractivity contribution in [2.24, 2.45) is 0 Å². The van der Waals surface area contributed by atoms with Crippen molar-refractivity contribution >= 4 is 92.1 Å². The number of nitrogens with zero attached hydrogens (tertiary/aromatic N) is 3. The van der Waals surface area contributed by atoms with Gasteiger partial charge in [-0.15, -0.1) is 11.3 Å². The van der Waals surface area contributed by atoms with Crippen molar-refractivity contribution in [3.63, 3.8) is 0 Å². The Labute approximate surface area is 380 Å². The molecule has 13 rings (SSSR count). The largest absolute Gasteiger partial charge is 0.310 e. The van der Waals surface area contributed by atoms with E-state index in [-0.39, 0.29) is 0 Å². The van der Waals surface area contributed by atoms with E-state index in [9.17, 15) is 0 Å². The lowest BCUT2D eigenvalue weighted by Gasteiger charge is -2.26. The molecule has 13 aromatic rings. The van der Waals surface area contributed by atoms with E-state index in [0.717, 1.165) is 44.7 Å². The summed E-state index contributed by atoms with van der Waals surface area (Å²) >= 11 is 1.86. The van der Waals surface area contributed by atoms with Crippen LogP contribution < -0.4 is 4.90 Å². The molecule has 3 nitrogen and oxygen atoms in total. The highest BCUT2D eigenvalue weighted by atomic mass is 32.1. The minimum absolute atomic E-state index is 0.956. The van der Waals surface area contributed by atoms with Crippen LogP contribution in [0.1, 0.15) is 0 Å². The van der Waals surface area contributed by atoms with Crippen LogP contribution in [-0.2, 0) is 0 Å². The maximum Gasteiger partial charge on any atom is 0.0723 e. The third kappa shape index (κ3) is 6.46. The second kappa shape index (κ2) is 15.2. The number of pyridine rings is 1. The molecule has 10 aromatic carbocycles. The smallest absolute Gasteiger partial charge is 0.0723 e. The molecule has 0 radical (unpaired) electrons. The standard InChI is InChI=1S/C61H39N3S/c1-2-11-40(12-3-1)48-34-47-24-29-52(38-57(47)62-39-48)63(50-28-23-41-13-4-5-14-45(41)35-50)49-26-21-42(22-27-49)43-15-10-16-44(33-43)46-25-31-59-55(36-46)53-17-6-8-19-58(53)64(59)51-30-32-61-56(37-51)54-18-7-9-20-60(54)65-61/h1-39H. The maximum absolute atomic E-state index is 4.96. The van der Waals surface area contributed by atoms with Crippen molar-refractivity contribution in [3.05, 3.63) is 237 Å². The van der Waals surface area contributed by atoms with E-state index in [1.807, 2.05) is 23.6 Å². The average molecular weight is 846 g/mol. The predicted octanol–water partition coefficient (Wildman–Crippen LogP) is 17.3. The SMILES string of the molecule is c1ccc(-c2cnc3cc(N(c4ccc(-c5cccc(-c6ccc7c(c6)c6ccccc6n7-c6ccc7sc8ccccc8c7c6)c5)cc4)c4ccc5ccccc5c4)ccc3c2)cc1. The lowest BCUT2D eigenvalue weighted by Crippen LogP contribution is -2.10. The average Bonchev–Trinajstić information content (AvgIpc) is 3.92. The monoisotopic (exact) mass is 845 g/mol. The predicted molar refractivity (Wildman–Crippen MR) is 277 cm³/mol. The highest BCUT2D eigenvalue weighted by molar-refractivity contribution is 7.25. The van der Waals surface area contributed by atoms with Crippen LogP contribution in [0.4, 0.5) is 17.1 Å².